The van der Waals surface area contributed by atoms with Gasteiger partial charge in [-0.05, 0) is 38.5 Å². The first-order valence-electron chi connectivity index (χ1n) is 7.87. The number of ether oxygens (including phenoxy) is 1. The van der Waals surface area contributed by atoms with Gasteiger partial charge < -0.3 is 4.74 Å². The molecule has 0 saturated heterocycles. The molecule has 0 bridgehead atoms. The minimum atomic E-state index is -0.197. The molecule has 0 aromatic heterocycles. The van der Waals surface area contributed by atoms with Crippen LogP contribution in [0, 0.1) is 0 Å². The Morgan fingerprint density at radius 2 is 1.40 bits per heavy atom. The number of esters is 1. The predicted octanol–water partition coefficient (Wildman–Crippen LogP) is 5.36. The van der Waals surface area contributed by atoms with Crippen molar-refractivity contribution >= 4 is 5.97 Å². The van der Waals surface area contributed by atoms with Crippen molar-refractivity contribution in [2.24, 2.45) is 0 Å². The maximum atomic E-state index is 10.5. The SMILES string of the molecule is CCCC/C=C/CCC/C=C/C=C\CCCOC(C)=O. The summed E-state index contributed by atoms with van der Waals surface area (Å²) >= 11 is 0. The van der Waals surface area contributed by atoms with E-state index in [0.717, 1.165) is 19.3 Å². The Morgan fingerprint density at radius 1 is 0.850 bits per heavy atom. The van der Waals surface area contributed by atoms with Crippen molar-refractivity contribution in [1.82, 2.24) is 0 Å². The Morgan fingerprint density at radius 3 is 2.00 bits per heavy atom. The van der Waals surface area contributed by atoms with Gasteiger partial charge in [0.15, 0.2) is 0 Å². The average molecular weight is 278 g/mol. The lowest BCUT2D eigenvalue weighted by atomic mass is 10.2. The van der Waals surface area contributed by atoms with E-state index in [1.54, 1.807) is 0 Å². The fourth-order valence-corrected chi connectivity index (χ4v) is 1.68. The third-order valence-corrected chi connectivity index (χ3v) is 2.84. The predicted molar refractivity (Wildman–Crippen MR) is 86.7 cm³/mol. The Kier molecular flexibility index (Phi) is 14.7. The summed E-state index contributed by atoms with van der Waals surface area (Å²) in [6.07, 6.45) is 22.3. The number of hydrogen-bond donors (Lipinski definition) is 0. The van der Waals surface area contributed by atoms with E-state index >= 15 is 0 Å². The molecular weight excluding hydrogens is 248 g/mol. The van der Waals surface area contributed by atoms with E-state index in [2.05, 4.69) is 43.4 Å². The molecule has 2 nitrogen and oxygen atoms in total. The Labute approximate surface area is 124 Å². The highest BCUT2D eigenvalue weighted by Crippen LogP contribution is 2.01. The van der Waals surface area contributed by atoms with Crippen molar-refractivity contribution in [3.8, 4) is 0 Å². The van der Waals surface area contributed by atoms with Crippen LogP contribution < -0.4 is 0 Å². The van der Waals surface area contributed by atoms with Crippen LogP contribution >= 0.6 is 0 Å². The zero-order chi connectivity index (χ0) is 14.9. The Hall–Kier alpha value is -1.31. The van der Waals surface area contributed by atoms with E-state index in [4.69, 9.17) is 4.74 Å². The van der Waals surface area contributed by atoms with E-state index in [0.29, 0.717) is 6.61 Å². The topological polar surface area (TPSA) is 26.3 Å². The fraction of sp³-hybridized carbons (Fsp3) is 0.611. The molecule has 114 valence electrons. The van der Waals surface area contributed by atoms with Crippen LogP contribution in [0.5, 0.6) is 0 Å². The second-order valence-corrected chi connectivity index (χ2v) is 4.88. The molecule has 0 aliphatic rings. The van der Waals surface area contributed by atoms with Gasteiger partial charge in [-0.25, -0.2) is 0 Å². The summed E-state index contributed by atoms with van der Waals surface area (Å²) in [5.74, 6) is -0.197. The molecule has 0 heterocycles. The summed E-state index contributed by atoms with van der Waals surface area (Å²) < 4.78 is 4.85. The van der Waals surface area contributed by atoms with Gasteiger partial charge >= 0.3 is 5.97 Å². The van der Waals surface area contributed by atoms with Crippen LogP contribution in [0.1, 0.15) is 65.2 Å². The number of rotatable bonds is 12. The maximum Gasteiger partial charge on any atom is 0.302 e. The van der Waals surface area contributed by atoms with Crippen LogP contribution in [0.15, 0.2) is 36.5 Å². The molecule has 2 heteroatoms. The van der Waals surface area contributed by atoms with Crippen LogP contribution in [-0.2, 0) is 9.53 Å². The van der Waals surface area contributed by atoms with Gasteiger partial charge in [0.1, 0.15) is 0 Å². The van der Waals surface area contributed by atoms with Crippen LogP contribution in [-0.4, -0.2) is 12.6 Å². The van der Waals surface area contributed by atoms with E-state index in [9.17, 15) is 4.79 Å². The highest BCUT2D eigenvalue weighted by atomic mass is 16.5. The zero-order valence-electron chi connectivity index (χ0n) is 13.1. The van der Waals surface area contributed by atoms with Gasteiger partial charge in [-0.2, -0.15) is 0 Å². The van der Waals surface area contributed by atoms with E-state index in [-0.39, 0.29) is 5.97 Å². The third-order valence-electron chi connectivity index (χ3n) is 2.84. The fourth-order valence-electron chi connectivity index (χ4n) is 1.68. The molecule has 0 aromatic carbocycles. The molecule has 0 unspecified atom stereocenters. The lowest BCUT2D eigenvalue weighted by Crippen LogP contribution is -1.99. The summed E-state index contributed by atoms with van der Waals surface area (Å²) in [6.45, 7) is 4.19. The molecule has 0 amide bonds. The Balaban J connectivity index is 3.30. The van der Waals surface area contributed by atoms with Crippen LogP contribution in [0.2, 0.25) is 0 Å². The normalized spacial score (nSPS) is 11.9. The lowest BCUT2D eigenvalue weighted by Gasteiger charge is -1.97. The second-order valence-electron chi connectivity index (χ2n) is 4.88. The first-order valence-corrected chi connectivity index (χ1v) is 7.87. The van der Waals surface area contributed by atoms with Crippen LogP contribution in [0.25, 0.3) is 0 Å². The summed E-state index contributed by atoms with van der Waals surface area (Å²) in [5.41, 5.74) is 0. The highest BCUT2D eigenvalue weighted by Gasteiger charge is 1.89. The number of hydrogen-bond acceptors (Lipinski definition) is 2. The van der Waals surface area contributed by atoms with Crippen molar-refractivity contribution in [3.05, 3.63) is 36.5 Å². The van der Waals surface area contributed by atoms with Gasteiger partial charge in [0, 0.05) is 6.92 Å². The van der Waals surface area contributed by atoms with E-state index in [1.807, 2.05) is 0 Å². The summed E-state index contributed by atoms with van der Waals surface area (Å²) in [6, 6.07) is 0. The smallest absolute Gasteiger partial charge is 0.302 e. The number of carbonyl (C=O) groups is 1. The lowest BCUT2D eigenvalue weighted by molar-refractivity contribution is -0.141. The number of carbonyl (C=O) groups excluding carboxylic acids is 1. The van der Waals surface area contributed by atoms with Gasteiger partial charge in [0.2, 0.25) is 0 Å². The maximum absolute atomic E-state index is 10.5. The molecule has 0 aliphatic heterocycles. The quantitative estimate of drug-likeness (QED) is 0.208. The molecule has 0 radical (unpaired) electrons. The van der Waals surface area contributed by atoms with Crippen LogP contribution in [0.3, 0.4) is 0 Å². The molecule has 0 N–H and O–H groups in total. The minimum absolute atomic E-state index is 0.197. The first-order chi connectivity index (χ1) is 9.77. The summed E-state index contributed by atoms with van der Waals surface area (Å²) in [4.78, 5) is 10.5. The number of unbranched alkanes of at least 4 members (excludes halogenated alkanes) is 5. The monoisotopic (exact) mass is 278 g/mol. The highest BCUT2D eigenvalue weighted by molar-refractivity contribution is 5.65. The van der Waals surface area contributed by atoms with Crippen LogP contribution in [0.4, 0.5) is 0 Å². The number of allylic oxidation sites excluding steroid dienone is 6. The molecule has 0 fully saturated rings. The first kappa shape index (κ1) is 18.7. The summed E-state index contributed by atoms with van der Waals surface area (Å²) in [7, 11) is 0. The van der Waals surface area contributed by atoms with Gasteiger partial charge in [-0.15, -0.1) is 0 Å². The van der Waals surface area contributed by atoms with Crippen molar-refractivity contribution in [2.45, 2.75) is 65.2 Å². The molecule has 0 aliphatic carbocycles. The standard InChI is InChI=1S/C18H30O2/c1-3-4-5-6-7-8-9-10-11-12-13-14-15-16-17-20-18(2)19/h6-7,11-14H,3-5,8-10,15-17H2,1-2H3/b7-6+,12-11+,14-13-. The summed E-state index contributed by atoms with van der Waals surface area (Å²) in [5, 5.41) is 0. The van der Waals surface area contributed by atoms with Gasteiger partial charge in [0.25, 0.3) is 0 Å². The second kappa shape index (κ2) is 15.7. The Bertz CT molecular complexity index is 301. The molecule has 0 saturated carbocycles. The zero-order valence-corrected chi connectivity index (χ0v) is 13.1. The molecule has 20 heavy (non-hydrogen) atoms. The van der Waals surface area contributed by atoms with Crippen molar-refractivity contribution in [1.29, 1.82) is 0 Å². The molecular formula is C18H30O2. The van der Waals surface area contributed by atoms with Gasteiger partial charge in [-0.1, -0.05) is 56.2 Å². The minimum Gasteiger partial charge on any atom is -0.466 e. The third kappa shape index (κ3) is 16.7. The van der Waals surface area contributed by atoms with Crippen molar-refractivity contribution in [3.63, 3.8) is 0 Å². The van der Waals surface area contributed by atoms with Crippen molar-refractivity contribution < 1.29 is 9.53 Å². The van der Waals surface area contributed by atoms with E-state index in [1.165, 1.54) is 39.0 Å². The average Bonchev–Trinajstić information content (AvgIpc) is 2.43. The molecule has 0 rings (SSSR count). The van der Waals surface area contributed by atoms with Gasteiger partial charge in [0.05, 0.1) is 6.61 Å². The molecule has 0 aromatic rings. The van der Waals surface area contributed by atoms with E-state index < -0.39 is 0 Å². The molecule has 0 atom stereocenters. The van der Waals surface area contributed by atoms with Gasteiger partial charge in [-0.3, -0.25) is 4.79 Å². The largest absolute Gasteiger partial charge is 0.466 e. The molecule has 0 spiro atoms. The van der Waals surface area contributed by atoms with Crippen molar-refractivity contribution in [2.75, 3.05) is 6.61 Å².